The van der Waals surface area contributed by atoms with Crippen LogP contribution in [0.2, 0.25) is 10.0 Å². The Hall–Kier alpha value is -2.34. The fourth-order valence-electron chi connectivity index (χ4n) is 2.86. The van der Waals surface area contributed by atoms with E-state index < -0.39 is 0 Å². The lowest BCUT2D eigenvalue weighted by molar-refractivity contribution is -0.111. The smallest absolute Gasteiger partial charge is 0.253 e. The van der Waals surface area contributed by atoms with Gasteiger partial charge in [-0.2, -0.15) is 0 Å². The first-order chi connectivity index (χ1) is 13.4. The first-order valence-corrected chi connectivity index (χ1v) is 9.70. The molecule has 1 saturated heterocycles. The van der Waals surface area contributed by atoms with E-state index in [1.807, 2.05) is 4.90 Å². The molecule has 0 aliphatic carbocycles. The van der Waals surface area contributed by atoms with Crippen molar-refractivity contribution in [3.8, 4) is 0 Å². The Morgan fingerprint density at radius 1 is 0.964 bits per heavy atom. The van der Waals surface area contributed by atoms with E-state index in [4.69, 9.17) is 23.2 Å². The Kier molecular flexibility index (Phi) is 6.73. The molecule has 3 rings (SSSR count). The number of carbonyl (C=O) groups is 2. The van der Waals surface area contributed by atoms with Crippen molar-refractivity contribution in [2.75, 3.05) is 38.5 Å². The zero-order valence-corrected chi connectivity index (χ0v) is 17.0. The van der Waals surface area contributed by atoms with Crippen LogP contribution in [0.1, 0.15) is 15.9 Å². The van der Waals surface area contributed by atoms with E-state index in [0.717, 1.165) is 31.7 Å². The molecule has 0 saturated carbocycles. The van der Waals surface area contributed by atoms with Gasteiger partial charge in [-0.3, -0.25) is 9.59 Å². The fourth-order valence-corrected chi connectivity index (χ4v) is 3.17. The molecule has 1 heterocycles. The second-order valence-corrected chi connectivity index (χ2v) is 7.48. The third-order valence-corrected chi connectivity index (χ3v) is 5.30. The highest BCUT2D eigenvalue weighted by Gasteiger charge is 2.20. The summed E-state index contributed by atoms with van der Waals surface area (Å²) >= 11 is 11.8. The predicted octanol–water partition coefficient (Wildman–Crippen LogP) is 4.03. The van der Waals surface area contributed by atoms with Gasteiger partial charge < -0.3 is 15.1 Å². The maximum Gasteiger partial charge on any atom is 0.253 e. The van der Waals surface area contributed by atoms with E-state index >= 15 is 0 Å². The van der Waals surface area contributed by atoms with Crippen molar-refractivity contribution < 1.29 is 9.59 Å². The maximum atomic E-state index is 12.5. The lowest BCUT2D eigenvalue weighted by Crippen LogP contribution is -2.47. The van der Waals surface area contributed by atoms with Gasteiger partial charge in [0.15, 0.2) is 0 Å². The van der Waals surface area contributed by atoms with Gasteiger partial charge in [-0.05, 0) is 55.1 Å². The van der Waals surface area contributed by atoms with E-state index in [9.17, 15) is 9.59 Å². The van der Waals surface area contributed by atoms with E-state index in [1.165, 1.54) is 6.08 Å². The van der Waals surface area contributed by atoms with Crippen LogP contribution in [0.15, 0.2) is 48.5 Å². The lowest BCUT2D eigenvalue weighted by Gasteiger charge is -2.32. The number of anilines is 1. The normalized spacial score (nSPS) is 15.0. The van der Waals surface area contributed by atoms with Crippen LogP contribution < -0.4 is 5.32 Å². The van der Waals surface area contributed by atoms with Crippen molar-refractivity contribution in [1.82, 2.24) is 9.80 Å². The fraction of sp³-hybridized carbons (Fsp3) is 0.238. The Labute approximate surface area is 174 Å². The Balaban J connectivity index is 1.57. The van der Waals surface area contributed by atoms with Crippen LogP contribution >= 0.6 is 23.2 Å². The van der Waals surface area contributed by atoms with Crippen molar-refractivity contribution in [3.05, 3.63) is 69.7 Å². The second-order valence-electron chi connectivity index (χ2n) is 6.67. The zero-order chi connectivity index (χ0) is 20.1. The molecular formula is C21H21Cl2N3O2. The summed E-state index contributed by atoms with van der Waals surface area (Å²) in [4.78, 5) is 28.7. The molecule has 2 aromatic rings. The van der Waals surface area contributed by atoms with Crippen LogP contribution in [-0.2, 0) is 4.79 Å². The molecule has 0 spiro atoms. The highest BCUT2D eigenvalue weighted by Crippen LogP contribution is 2.23. The highest BCUT2D eigenvalue weighted by molar-refractivity contribution is 6.42. The van der Waals surface area contributed by atoms with E-state index in [0.29, 0.717) is 21.3 Å². The van der Waals surface area contributed by atoms with Gasteiger partial charge in [0.1, 0.15) is 0 Å². The summed E-state index contributed by atoms with van der Waals surface area (Å²) in [6.07, 6.45) is 3.08. The van der Waals surface area contributed by atoms with Gasteiger partial charge in [0.2, 0.25) is 5.91 Å². The first-order valence-electron chi connectivity index (χ1n) is 8.94. The SMILES string of the molecule is CN1CCN(C(=O)c2ccc(NC(=O)/C=C/c3ccc(Cl)c(Cl)c3)cc2)CC1. The number of carbonyl (C=O) groups excluding carboxylic acids is 2. The number of piperazine rings is 1. The van der Waals surface area contributed by atoms with Gasteiger partial charge in [0.05, 0.1) is 10.0 Å². The van der Waals surface area contributed by atoms with E-state index in [-0.39, 0.29) is 11.8 Å². The van der Waals surface area contributed by atoms with E-state index in [2.05, 4.69) is 17.3 Å². The number of hydrogen-bond acceptors (Lipinski definition) is 3. The van der Waals surface area contributed by atoms with Crippen LogP contribution in [0.5, 0.6) is 0 Å². The summed E-state index contributed by atoms with van der Waals surface area (Å²) < 4.78 is 0. The first kappa shape index (κ1) is 20.4. The summed E-state index contributed by atoms with van der Waals surface area (Å²) in [5, 5.41) is 3.68. The summed E-state index contributed by atoms with van der Waals surface area (Å²) in [6.45, 7) is 3.22. The third kappa shape index (κ3) is 5.35. The number of hydrogen-bond donors (Lipinski definition) is 1. The van der Waals surface area contributed by atoms with Crippen LogP contribution in [0, 0.1) is 0 Å². The molecule has 2 amide bonds. The quantitative estimate of drug-likeness (QED) is 0.763. The number of benzene rings is 2. The van der Waals surface area contributed by atoms with E-state index in [1.54, 1.807) is 48.5 Å². The van der Waals surface area contributed by atoms with Crippen LogP contribution in [-0.4, -0.2) is 54.8 Å². The molecule has 1 aliphatic rings. The van der Waals surface area contributed by atoms with Gasteiger partial charge in [-0.1, -0.05) is 29.3 Å². The number of nitrogens with one attached hydrogen (secondary N) is 1. The molecule has 2 aromatic carbocycles. The Bertz CT molecular complexity index is 889. The predicted molar refractivity (Wildman–Crippen MR) is 114 cm³/mol. The molecule has 28 heavy (non-hydrogen) atoms. The molecule has 1 fully saturated rings. The molecule has 1 N–H and O–H groups in total. The molecule has 1 aliphatic heterocycles. The molecule has 146 valence electrons. The van der Waals surface area contributed by atoms with Crippen molar-refractivity contribution in [2.24, 2.45) is 0 Å². The number of nitrogens with zero attached hydrogens (tertiary/aromatic N) is 2. The molecule has 7 heteroatoms. The van der Waals surface area contributed by atoms with Crippen molar-refractivity contribution in [3.63, 3.8) is 0 Å². The van der Waals surface area contributed by atoms with Gasteiger partial charge in [0.25, 0.3) is 5.91 Å². The van der Waals surface area contributed by atoms with Gasteiger partial charge in [0, 0.05) is 43.5 Å². The van der Waals surface area contributed by atoms with Gasteiger partial charge in [-0.25, -0.2) is 0 Å². The summed E-state index contributed by atoms with van der Waals surface area (Å²) in [5.41, 5.74) is 2.02. The highest BCUT2D eigenvalue weighted by atomic mass is 35.5. The minimum Gasteiger partial charge on any atom is -0.336 e. The monoisotopic (exact) mass is 417 g/mol. The largest absolute Gasteiger partial charge is 0.336 e. The number of halogens is 2. The molecular weight excluding hydrogens is 397 g/mol. The average Bonchev–Trinajstić information content (AvgIpc) is 2.69. The molecule has 0 unspecified atom stereocenters. The van der Waals surface area contributed by atoms with Crippen LogP contribution in [0.4, 0.5) is 5.69 Å². The minimum absolute atomic E-state index is 0.0190. The van der Waals surface area contributed by atoms with Crippen LogP contribution in [0.25, 0.3) is 6.08 Å². The topological polar surface area (TPSA) is 52.6 Å². The van der Waals surface area contributed by atoms with Crippen molar-refractivity contribution in [2.45, 2.75) is 0 Å². The standard InChI is InChI=1S/C21H21Cl2N3O2/c1-25-10-12-26(13-11-25)21(28)16-4-6-17(7-5-16)24-20(27)9-3-15-2-8-18(22)19(23)14-15/h2-9,14H,10-13H2,1H3,(H,24,27)/b9-3+. The number of rotatable bonds is 4. The number of amides is 2. The molecule has 0 radical (unpaired) electrons. The molecule has 0 atom stereocenters. The minimum atomic E-state index is -0.274. The molecule has 0 bridgehead atoms. The van der Waals surface area contributed by atoms with Gasteiger partial charge in [-0.15, -0.1) is 0 Å². The Morgan fingerprint density at radius 2 is 1.64 bits per heavy atom. The Morgan fingerprint density at radius 3 is 2.29 bits per heavy atom. The summed E-state index contributed by atoms with van der Waals surface area (Å²) in [6, 6.07) is 12.1. The number of likely N-dealkylation sites (N-methyl/N-ethyl adjacent to an activating group) is 1. The summed E-state index contributed by atoms with van der Waals surface area (Å²) in [7, 11) is 2.05. The zero-order valence-electron chi connectivity index (χ0n) is 15.5. The van der Waals surface area contributed by atoms with Gasteiger partial charge >= 0.3 is 0 Å². The molecule has 5 nitrogen and oxygen atoms in total. The van der Waals surface area contributed by atoms with Crippen molar-refractivity contribution in [1.29, 1.82) is 0 Å². The summed E-state index contributed by atoms with van der Waals surface area (Å²) in [5.74, 6) is -0.255. The average molecular weight is 418 g/mol. The third-order valence-electron chi connectivity index (χ3n) is 4.56. The van der Waals surface area contributed by atoms with Crippen molar-refractivity contribution >= 4 is 46.8 Å². The lowest BCUT2D eigenvalue weighted by atomic mass is 10.1. The van der Waals surface area contributed by atoms with Crippen LogP contribution in [0.3, 0.4) is 0 Å². The maximum absolute atomic E-state index is 12.5. The second kappa shape index (κ2) is 9.24. The molecule has 0 aromatic heterocycles.